The SMILES string of the molecule is COC(=O)c1ccc(SC2CC(c3ccccc3)CN(S(C)(=O)=O)C2)cc1. The number of carbonyl (C=O) groups is 1. The number of benzene rings is 2. The molecule has 0 aromatic heterocycles. The van der Waals surface area contributed by atoms with Gasteiger partial charge in [0.25, 0.3) is 0 Å². The lowest BCUT2D eigenvalue weighted by Gasteiger charge is -2.36. The third kappa shape index (κ3) is 5.12. The average Bonchev–Trinajstić information content (AvgIpc) is 2.68. The summed E-state index contributed by atoms with van der Waals surface area (Å²) in [6, 6.07) is 17.3. The van der Waals surface area contributed by atoms with Gasteiger partial charge in [-0.15, -0.1) is 11.8 Å². The summed E-state index contributed by atoms with van der Waals surface area (Å²) in [7, 11) is -1.90. The van der Waals surface area contributed by atoms with E-state index >= 15 is 0 Å². The molecule has 7 heteroatoms. The van der Waals surface area contributed by atoms with Crippen molar-refractivity contribution in [2.24, 2.45) is 0 Å². The molecule has 0 saturated carbocycles. The fourth-order valence-electron chi connectivity index (χ4n) is 3.32. The van der Waals surface area contributed by atoms with Crippen LogP contribution in [0.1, 0.15) is 28.3 Å². The Morgan fingerprint density at radius 1 is 1.07 bits per heavy atom. The van der Waals surface area contributed by atoms with E-state index < -0.39 is 10.0 Å². The molecule has 1 fully saturated rings. The third-order valence-corrected chi connectivity index (χ3v) is 7.15. The van der Waals surface area contributed by atoms with Gasteiger partial charge in [-0.1, -0.05) is 30.3 Å². The summed E-state index contributed by atoms with van der Waals surface area (Å²) < 4.78 is 30.7. The smallest absolute Gasteiger partial charge is 0.337 e. The summed E-state index contributed by atoms with van der Waals surface area (Å²) in [5.74, 6) is -0.196. The molecule has 2 aromatic rings. The van der Waals surface area contributed by atoms with Crippen molar-refractivity contribution in [3.8, 4) is 0 Å². The normalized spacial score (nSPS) is 21.0. The first-order valence-corrected chi connectivity index (χ1v) is 11.4. The maximum Gasteiger partial charge on any atom is 0.337 e. The van der Waals surface area contributed by atoms with Crippen LogP contribution in [-0.4, -0.2) is 50.4 Å². The predicted octanol–water partition coefficient (Wildman–Crippen LogP) is 3.38. The van der Waals surface area contributed by atoms with Crippen LogP contribution in [0.25, 0.3) is 0 Å². The van der Waals surface area contributed by atoms with E-state index in [1.807, 2.05) is 30.3 Å². The van der Waals surface area contributed by atoms with Crippen molar-refractivity contribution in [2.75, 3.05) is 26.5 Å². The van der Waals surface area contributed by atoms with E-state index in [-0.39, 0.29) is 17.1 Å². The number of ether oxygens (including phenoxy) is 1. The molecule has 0 amide bonds. The zero-order chi connectivity index (χ0) is 19.4. The van der Waals surface area contributed by atoms with Gasteiger partial charge in [0.1, 0.15) is 0 Å². The molecule has 1 aliphatic rings. The number of nitrogens with zero attached hydrogens (tertiary/aromatic N) is 1. The van der Waals surface area contributed by atoms with E-state index in [0.29, 0.717) is 18.7 Å². The lowest BCUT2D eigenvalue weighted by atomic mass is 9.91. The van der Waals surface area contributed by atoms with Gasteiger partial charge in [-0.05, 0) is 42.2 Å². The van der Waals surface area contributed by atoms with E-state index in [2.05, 4.69) is 12.1 Å². The lowest BCUT2D eigenvalue weighted by molar-refractivity contribution is 0.0600. The van der Waals surface area contributed by atoms with Crippen LogP contribution in [0.15, 0.2) is 59.5 Å². The second-order valence-corrected chi connectivity index (χ2v) is 10.0. The molecule has 0 radical (unpaired) electrons. The van der Waals surface area contributed by atoms with Gasteiger partial charge in [0.05, 0.1) is 18.9 Å². The molecular formula is C20H23NO4S2. The Hall–Kier alpha value is -1.83. The van der Waals surface area contributed by atoms with Gasteiger partial charge in [-0.3, -0.25) is 0 Å². The van der Waals surface area contributed by atoms with Gasteiger partial charge in [-0.2, -0.15) is 0 Å². The standard InChI is InChI=1S/C20H23NO4S2/c1-25-20(22)16-8-10-18(11-9-16)26-19-12-17(15-6-4-3-5-7-15)13-21(14-19)27(2,23)24/h3-11,17,19H,12-14H2,1-2H3. The van der Waals surface area contributed by atoms with Crippen molar-refractivity contribution in [2.45, 2.75) is 22.5 Å². The van der Waals surface area contributed by atoms with E-state index in [1.165, 1.54) is 13.4 Å². The highest BCUT2D eigenvalue weighted by molar-refractivity contribution is 8.00. The van der Waals surface area contributed by atoms with Crippen LogP contribution in [0.4, 0.5) is 0 Å². The Kier molecular flexibility index (Phi) is 6.24. The Labute approximate surface area is 164 Å². The van der Waals surface area contributed by atoms with Crippen molar-refractivity contribution >= 4 is 27.8 Å². The molecule has 3 rings (SSSR count). The Morgan fingerprint density at radius 3 is 2.33 bits per heavy atom. The number of carbonyl (C=O) groups excluding carboxylic acids is 1. The predicted molar refractivity (Wildman–Crippen MR) is 108 cm³/mol. The molecule has 2 atom stereocenters. The highest BCUT2D eigenvalue weighted by Gasteiger charge is 2.33. The molecule has 27 heavy (non-hydrogen) atoms. The maximum absolute atomic E-state index is 12.2. The minimum absolute atomic E-state index is 0.141. The fraction of sp³-hybridized carbons (Fsp3) is 0.350. The molecule has 1 heterocycles. The van der Waals surface area contributed by atoms with Crippen molar-refractivity contribution in [3.05, 3.63) is 65.7 Å². The largest absolute Gasteiger partial charge is 0.465 e. The Balaban J connectivity index is 1.78. The molecular weight excluding hydrogens is 382 g/mol. The van der Waals surface area contributed by atoms with Crippen LogP contribution in [0, 0.1) is 0 Å². The number of hydrogen-bond acceptors (Lipinski definition) is 5. The van der Waals surface area contributed by atoms with Gasteiger partial charge in [0.15, 0.2) is 0 Å². The van der Waals surface area contributed by atoms with Gasteiger partial charge in [0, 0.05) is 23.2 Å². The first-order chi connectivity index (χ1) is 12.9. The summed E-state index contributed by atoms with van der Waals surface area (Å²) in [4.78, 5) is 12.6. The lowest BCUT2D eigenvalue weighted by Crippen LogP contribution is -2.43. The molecule has 0 bridgehead atoms. The van der Waals surface area contributed by atoms with Gasteiger partial charge in [-0.25, -0.2) is 17.5 Å². The average molecular weight is 406 g/mol. The zero-order valence-corrected chi connectivity index (χ0v) is 17.0. The first kappa shape index (κ1) is 19.9. The Morgan fingerprint density at radius 2 is 1.74 bits per heavy atom. The molecule has 0 N–H and O–H groups in total. The topological polar surface area (TPSA) is 63.7 Å². The number of esters is 1. The van der Waals surface area contributed by atoms with Crippen molar-refractivity contribution in [3.63, 3.8) is 0 Å². The highest BCUT2D eigenvalue weighted by atomic mass is 32.2. The monoisotopic (exact) mass is 405 g/mol. The third-order valence-electron chi connectivity index (χ3n) is 4.70. The summed E-state index contributed by atoms with van der Waals surface area (Å²) in [6.45, 7) is 1.01. The molecule has 0 spiro atoms. The molecule has 144 valence electrons. The van der Waals surface area contributed by atoms with Gasteiger partial charge < -0.3 is 4.74 Å². The summed E-state index contributed by atoms with van der Waals surface area (Å²) in [5, 5.41) is 0.141. The number of piperidine rings is 1. The minimum Gasteiger partial charge on any atom is -0.465 e. The summed E-state index contributed by atoms with van der Waals surface area (Å²) in [5.41, 5.74) is 1.67. The molecule has 1 aliphatic heterocycles. The molecule has 5 nitrogen and oxygen atoms in total. The van der Waals surface area contributed by atoms with Crippen LogP contribution < -0.4 is 0 Å². The quantitative estimate of drug-likeness (QED) is 0.714. The summed E-state index contributed by atoms with van der Waals surface area (Å²) in [6.07, 6.45) is 2.17. The fourth-order valence-corrected chi connectivity index (χ4v) is 5.57. The number of methoxy groups -OCH3 is 1. The van der Waals surface area contributed by atoms with Crippen molar-refractivity contribution < 1.29 is 17.9 Å². The highest BCUT2D eigenvalue weighted by Crippen LogP contribution is 2.36. The molecule has 1 saturated heterocycles. The van der Waals surface area contributed by atoms with Gasteiger partial charge >= 0.3 is 5.97 Å². The Bertz CT molecular complexity index is 882. The minimum atomic E-state index is -3.25. The van der Waals surface area contributed by atoms with Crippen molar-refractivity contribution in [1.29, 1.82) is 0 Å². The number of hydrogen-bond donors (Lipinski definition) is 0. The van der Waals surface area contributed by atoms with E-state index in [0.717, 1.165) is 16.9 Å². The van der Waals surface area contributed by atoms with Crippen LogP contribution in [-0.2, 0) is 14.8 Å². The van der Waals surface area contributed by atoms with Crippen LogP contribution in [0.2, 0.25) is 0 Å². The maximum atomic E-state index is 12.2. The van der Waals surface area contributed by atoms with Crippen molar-refractivity contribution in [1.82, 2.24) is 4.31 Å². The number of sulfonamides is 1. The van der Waals surface area contributed by atoms with Crippen LogP contribution >= 0.6 is 11.8 Å². The van der Waals surface area contributed by atoms with E-state index in [9.17, 15) is 13.2 Å². The number of thioether (sulfide) groups is 1. The zero-order valence-electron chi connectivity index (χ0n) is 15.4. The second-order valence-electron chi connectivity index (χ2n) is 6.68. The van der Waals surface area contributed by atoms with E-state index in [4.69, 9.17) is 4.74 Å². The van der Waals surface area contributed by atoms with E-state index in [1.54, 1.807) is 28.2 Å². The number of rotatable bonds is 5. The first-order valence-electron chi connectivity index (χ1n) is 8.72. The van der Waals surface area contributed by atoms with Gasteiger partial charge in [0.2, 0.25) is 10.0 Å². The summed E-state index contributed by atoms with van der Waals surface area (Å²) >= 11 is 1.65. The van der Waals surface area contributed by atoms with Crippen LogP contribution in [0.3, 0.4) is 0 Å². The molecule has 0 aliphatic carbocycles. The molecule has 2 unspecified atom stereocenters. The van der Waals surface area contributed by atoms with Crippen LogP contribution in [0.5, 0.6) is 0 Å². The second kappa shape index (κ2) is 8.46. The molecule has 2 aromatic carbocycles.